The molecule has 2 rings (SSSR count). The zero-order valence-corrected chi connectivity index (χ0v) is 13.6. The second-order valence-corrected chi connectivity index (χ2v) is 7.09. The third-order valence-corrected chi connectivity index (χ3v) is 5.44. The normalized spacial score (nSPS) is 12.4. The minimum Gasteiger partial charge on any atom is -0.445 e. The van der Waals surface area contributed by atoms with E-state index in [0.717, 1.165) is 5.56 Å². The SMILES string of the molecule is CCC(NC(=O)OCc1ccccc1)S(=O)(=O)c1ccccc1. The summed E-state index contributed by atoms with van der Waals surface area (Å²) >= 11 is 0. The number of hydrogen-bond acceptors (Lipinski definition) is 4. The first-order chi connectivity index (χ1) is 11.0. The van der Waals surface area contributed by atoms with Gasteiger partial charge in [-0.1, -0.05) is 55.5 Å². The molecule has 23 heavy (non-hydrogen) atoms. The van der Waals surface area contributed by atoms with Crippen molar-refractivity contribution in [1.82, 2.24) is 5.32 Å². The van der Waals surface area contributed by atoms with Gasteiger partial charge in [0.25, 0.3) is 0 Å². The van der Waals surface area contributed by atoms with E-state index in [1.54, 1.807) is 25.1 Å². The van der Waals surface area contributed by atoms with Crippen molar-refractivity contribution in [1.29, 1.82) is 0 Å². The van der Waals surface area contributed by atoms with Crippen molar-refractivity contribution in [3.63, 3.8) is 0 Å². The number of amides is 1. The van der Waals surface area contributed by atoms with Gasteiger partial charge < -0.3 is 10.1 Å². The summed E-state index contributed by atoms with van der Waals surface area (Å²) < 4.78 is 30.1. The maximum absolute atomic E-state index is 12.5. The average molecular weight is 333 g/mol. The van der Waals surface area contributed by atoms with E-state index in [-0.39, 0.29) is 17.9 Å². The molecule has 1 unspecified atom stereocenters. The van der Waals surface area contributed by atoms with Crippen LogP contribution in [-0.2, 0) is 21.2 Å². The first-order valence-corrected chi connectivity index (χ1v) is 8.85. The van der Waals surface area contributed by atoms with Crippen LogP contribution in [0.4, 0.5) is 4.79 Å². The molecule has 0 aromatic heterocycles. The number of rotatable bonds is 6. The number of carbonyl (C=O) groups is 1. The molecule has 2 aromatic carbocycles. The molecule has 0 saturated heterocycles. The van der Waals surface area contributed by atoms with Gasteiger partial charge in [-0.05, 0) is 24.1 Å². The lowest BCUT2D eigenvalue weighted by Gasteiger charge is -2.17. The summed E-state index contributed by atoms with van der Waals surface area (Å²) in [6.07, 6.45) is -0.502. The van der Waals surface area contributed by atoms with Crippen molar-refractivity contribution in [2.75, 3.05) is 0 Å². The smallest absolute Gasteiger partial charge is 0.408 e. The minimum atomic E-state index is -3.64. The van der Waals surface area contributed by atoms with E-state index in [9.17, 15) is 13.2 Å². The quantitative estimate of drug-likeness (QED) is 0.881. The lowest BCUT2D eigenvalue weighted by atomic mass is 10.2. The molecule has 0 saturated carbocycles. The Hall–Kier alpha value is -2.34. The molecule has 0 aliphatic rings. The Balaban J connectivity index is 2.00. The zero-order chi connectivity index (χ0) is 16.7. The molecule has 0 spiro atoms. The standard InChI is InChI=1S/C17H19NO4S/c1-2-16(23(20,21)15-11-7-4-8-12-15)18-17(19)22-13-14-9-5-3-6-10-14/h3-12,16H,2,13H2,1H3,(H,18,19). The summed E-state index contributed by atoms with van der Waals surface area (Å²) in [6.45, 7) is 1.79. The van der Waals surface area contributed by atoms with Gasteiger partial charge >= 0.3 is 6.09 Å². The number of hydrogen-bond donors (Lipinski definition) is 1. The predicted molar refractivity (Wildman–Crippen MR) is 87.5 cm³/mol. The molecule has 122 valence electrons. The van der Waals surface area contributed by atoms with Crippen LogP contribution in [0.15, 0.2) is 65.6 Å². The molecule has 0 aliphatic carbocycles. The maximum Gasteiger partial charge on any atom is 0.408 e. The Bertz CT molecular complexity index is 730. The van der Waals surface area contributed by atoms with Gasteiger partial charge in [0, 0.05) is 0 Å². The fourth-order valence-electron chi connectivity index (χ4n) is 2.07. The largest absolute Gasteiger partial charge is 0.445 e. The molecule has 0 fully saturated rings. The van der Waals surface area contributed by atoms with Crippen LogP contribution < -0.4 is 5.32 Å². The highest BCUT2D eigenvalue weighted by molar-refractivity contribution is 7.92. The summed E-state index contributed by atoms with van der Waals surface area (Å²) in [6, 6.07) is 17.2. The van der Waals surface area contributed by atoms with Crippen LogP contribution in [0.5, 0.6) is 0 Å². The van der Waals surface area contributed by atoms with E-state index >= 15 is 0 Å². The first kappa shape index (κ1) is 17.0. The van der Waals surface area contributed by atoms with Crippen LogP contribution in [0.25, 0.3) is 0 Å². The fraction of sp³-hybridized carbons (Fsp3) is 0.235. The zero-order valence-electron chi connectivity index (χ0n) is 12.8. The number of sulfone groups is 1. The van der Waals surface area contributed by atoms with Gasteiger partial charge in [-0.2, -0.15) is 0 Å². The van der Waals surface area contributed by atoms with Crippen LogP contribution in [0, 0.1) is 0 Å². The van der Waals surface area contributed by atoms with Crippen LogP contribution in [-0.4, -0.2) is 19.9 Å². The van der Waals surface area contributed by atoms with Crippen molar-refractivity contribution < 1.29 is 17.9 Å². The molecule has 1 atom stereocenters. The molecule has 6 heteroatoms. The molecule has 0 radical (unpaired) electrons. The van der Waals surface area contributed by atoms with Crippen LogP contribution in [0.1, 0.15) is 18.9 Å². The minimum absolute atomic E-state index is 0.0918. The van der Waals surface area contributed by atoms with Crippen molar-refractivity contribution in [2.45, 2.75) is 30.2 Å². The third kappa shape index (κ3) is 4.56. The lowest BCUT2D eigenvalue weighted by Crippen LogP contribution is -2.40. The molecule has 0 aliphatic heterocycles. The summed E-state index contributed by atoms with van der Waals surface area (Å²) in [5.41, 5.74) is 0.835. The Kier molecular flexibility index (Phi) is 5.76. The van der Waals surface area contributed by atoms with Crippen LogP contribution >= 0.6 is 0 Å². The van der Waals surface area contributed by atoms with Crippen molar-refractivity contribution in [3.05, 3.63) is 66.2 Å². The average Bonchev–Trinajstić information content (AvgIpc) is 2.59. The number of alkyl carbamates (subject to hydrolysis) is 1. The molecular formula is C17H19NO4S. The summed E-state index contributed by atoms with van der Waals surface area (Å²) in [4.78, 5) is 12.0. The van der Waals surface area contributed by atoms with Gasteiger partial charge in [0.15, 0.2) is 9.84 Å². The van der Waals surface area contributed by atoms with Crippen molar-refractivity contribution >= 4 is 15.9 Å². The lowest BCUT2D eigenvalue weighted by molar-refractivity contribution is 0.138. The molecule has 0 bridgehead atoms. The Labute approximate surface area is 136 Å². The highest BCUT2D eigenvalue weighted by Gasteiger charge is 2.27. The summed E-state index contributed by atoms with van der Waals surface area (Å²) in [5.74, 6) is 0. The Morgan fingerprint density at radius 2 is 1.61 bits per heavy atom. The maximum atomic E-state index is 12.5. The fourth-order valence-corrected chi connectivity index (χ4v) is 3.62. The molecule has 1 amide bonds. The molecule has 5 nitrogen and oxygen atoms in total. The summed E-state index contributed by atoms with van der Waals surface area (Å²) in [7, 11) is -3.64. The highest BCUT2D eigenvalue weighted by Crippen LogP contribution is 2.16. The second-order valence-electron chi connectivity index (χ2n) is 4.96. The van der Waals surface area contributed by atoms with Crippen LogP contribution in [0.3, 0.4) is 0 Å². The molecular weight excluding hydrogens is 314 g/mol. The Morgan fingerprint density at radius 1 is 1.04 bits per heavy atom. The highest BCUT2D eigenvalue weighted by atomic mass is 32.2. The van der Waals surface area contributed by atoms with E-state index in [1.165, 1.54) is 12.1 Å². The van der Waals surface area contributed by atoms with E-state index in [2.05, 4.69) is 5.32 Å². The number of ether oxygens (including phenoxy) is 1. The van der Waals surface area contributed by atoms with Gasteiger partial charge in [0.05, 0.1) is 4.90 Å². The van der Waals surface area contributed by atoms with Gasteiger partial charge in [-0.25, -0.2) is 13.2 Å². The van der Waals surface area contributed by atoms with Gasteiger partial charge in [-0.15, -0.1) is 0 Å². The van der Waals surface area contributed by atoms with Gasteiger partial charge in [-0.3, -0.25) is 0 Å². The Morgan fingerprint density at radius 3 is 2.17 bits per heavy atom. The first-order valence-electron chi connectivity index (χ1n) is 7.30. The van der Waals surface area contributed by atoms with Crippen molar-refractivity contribution in [2.24, 2.45) is 0 Å². The summed E-state index contributed by atoms with van der Waals surface area (Å²) in [5, 5.41) is 1.41. The van der Waals surface area contributed by atoms with Crippen molar-refractivity contribution in [3.8, 4) is 0 Å². The predicted octanol–water partition coefficient (Wildman–Crippen LogP) is 3.12. The second kappa shape index (κ2) is 7.78. The molecule has 2 aromatic rings. The van der Waals surface area contributed by atoms with Gasteiger partial charge in [0.2, 0.25) is 0 Å². The molecule has 0 heterocycles. The monoisotopic (exact) mass is 333 g/mol. The van der Waals surface area contributed by atoms with Gasteiger partial charge in [0.1, 0.15) is 12.0 Å². The van der Waals surface area contributed by atoms with E-state index in [1.807, 2.05) is 30.3 Å². The number of carbonyl (C=O) groups excluding carboxylic acids is 1. The van der Waals surface area contributed by atoms with E-state index in [4.69, 9.17) is 4.74 Å². The van der Waals surface area contributed by atoms with E-state index < -0.39 is 21.3 Å². The number of nitrogens with one attached hydrogen (secondary N) is 1. The van der Waals surface area contributed by atoms with E-state index in [0.29, 0.717) is 0 Å². The molecule has 1 N–H and O–H groups in total. The third-order valence-electron chi connectivity index (χ3n) is 3.31. The van der Waals surface area contributed by atoms with Crippen LogP contribution in [0.2, 0.25) is 0 Å². The number of benzene rings is 2. The topological polar surface area (TPSA) is 72.5 Å².